The van der Waals surface area contributed by atoms with Crippen molar-refractivity contribution in [3.63, 3.8) is 0 Å². The second kappa shape index (κ2) is 12.8. The van der Waals surface area contributed by atoms with E-state index in [-0.39, 0.29) is 24.9 Å². The molecule has 1 aliphatic rings. The van der Waals surface area contributed by atoms with Gasteiger partial charge in [-0.15, -0.1) is 12.4 Å². The lowest BCUT2D eigenvalue weighted by Gasteiger charge is -2.27. The molecule has 0 atom stereocenters. The van der Waals surface area contributed by atoms with Gasteiger partial charge in [0.2, 0.25) is 0 Å². The third kappa shape index (κ3) is 7.15. The fraction of sp³-hybridized carbons (Fsp3) is 0.440. The van der Waals surface area contributed by atoms with Crippen LogP contribution < -0.4 is 9.64 Å². The number of halogens is 2. The van der Waals surface area contributed by atoms with E-state index in [1.165, 1.54) is 16.9 Å². The van der Waals surface area contributed by atoms with E-state index >= 15 is 0 Å². The van der Waals surface area contributed by atoms with Gasteiger partial charge in [-0.2, -0.15) is 0 Å². The van der Waals surface area contributed by atoms with E-state index in [1.54, 1.807) is 4.90 Å². The lowest BCUT2D eigenvalue weighted by Crippen LogP contribution is -2.40. The van der Waals surface area contributed by atoms with Crippen molar-refractivity contribution < 1.29 is 14.3 Å². The molecule has 0 bridgehead atoms. The van der Waals surface area contributed by atoms with Gasteiger partial charge in [0.25, 0.3) is 5.91 Å². The molecule has 1 aromatic heterocycles. The largest absolute Gasteiger partial charge is 0.484 e. The Morgan fingerprint density at radius 3 is 2.65 bits per heavy atom. The molecule has 2 heterocycles. The number of nitrogens with zero attached hydrogens (tertiary/aromatic N) is 3. The second-order valence-electron chi connectivity index (χ2n) is 8.47. The molecule has 0 aliphatic carbocycles. The molecule has 6 nitrogen and oxygen atoms in total. The molecule has 0 N–H and O–H groups in total. The Bertz CT molecular complexity index is 1070. The molecule has 34 heavy (non-hydrogen) atoms. The van der Waals surface area contributed by atoms with Gasteiger partial charge in [-0.05, 0) is 48.2 Å². The Morgan fingerprint density at radius 2 is 1.94 bits per heavy atom. The summed E-state index contributed by atoms with van der Waals surface area (Å²) in [5, 5.41) is 0.717. The van der Waals surface area contributed by atoms with E-state index < -0.39 is 0 Å². The summed E-state index contributed by atoms with van der Waals surface area (Å²) in [7, 11) is 0. The predicted molar refractivity (Wildman–Crippen MR) is 145 cm³/mol. The predicted octanol–water partition coefficient (Wildman–Crippen LogP) is 5.74. The first-order valence-corrected chi connectivity index (χ1v) is 13.0. The molecular formula is C25H31BrClN3O3S. The van der Waals surface area contributed by atoms with Crippen LogP contribution in [0.1, 0.15) is 31.7 Å². The van der Waals surface area contributed by atoms with Crippen molar-refractivity contribution in [1.29, 1.82) is 0 Å². The highest BCUT2D eigenvalue weighted by Crippen LogP contribution is 2.31. The number of hydrogen-bond donors (Lipinski definition) is 0. The monoisotopic (exact) mass is 567 g/mol. The van der Waals surface area contributed by atoms with Crippen LogP contribution in [0, 0.1) is 0 Å². The summed E-state index contributed by atoms with van der Waals surface area (Å²) in [4.78, 5) is 22.1. The van der Waals surface area contributed by atoms with Gasteiger partial charge in [0, 0.05) is 30.7 Å². The number of morpholine rings is 1. The van der Waals surface area contributed by atoms with Crippen LogP contribution in [0.5, 0.6) is 5.75 Å². The van der Waals surface area contributed by atoms with E-state index in [4.69, 9.17) is 14.5 Å². The van der Waals surface area contributed by atoms with Crippen LogP contribution in [0.15, 0.2) is 46.9 Å². The molecule has 0 saturated carbocycles. The first kappa shape index (κ1) is 26.9. The van der Waals surface area contributed by atoms with Crippen molar-refractivity contribution in [1.82, 2.24) is 9.88 Å². The van der Waals surface area contributed by atoms with Crippen LogP contribution in [-0.4, -0.2) is 61.8 Å². The smallest absolute Gasteiger partial charge is 0.266 e. The highest BCUT2D eigenvalue weighted by molar-refractivity contribution is 9.10. The van der Waals surface area contributed by atoms with Gasteiger partial charge in [0.1, 0.15) is 5.75 Å². The number of anilines is 1. The zero-order valence-corrected chi connectivity index (χ0v) is 22.8. The van der Waals surface area contributed by atoms with Crippen LogP contribution in [0.2, 0.25) is 0 Å². The minimum absolute atomic E-state index is 0. The number of carbonyl (C=O) groups is 1. The molecule has 1 amide bonds. The normalized spacial score (nSPS) is 14.2. The molecule has 0 unspecified atom stereocenters. The number of fused-ring (bicyclic) bond motifs is 1. The first-order valence-electron chi connectivity index (χ1n) is 11.4. The van der Waals surface area contributed by atoms with E-state index in [0.29, 0.717) is 23.3 Å². The van der Waals surface area contributed by atoms with Crippen molar-refractivity contribution in [2.45, 2.75) is 26.2 Å². The quantitative estimate of drug-likeness (QED) is 0.330. The van der Waals surface area contributed by atoms with Crippen LogP contribution in [0.3, 0.4) is 0 Å². The van der Waals surface area contributed by atoms with Crippen LogP contribution in [-0.2, 0) is 9.53 Å². The second-order valence-corrected chi connectivity index (χ2v) is 10.4. The number of thiazole rings is 1. The number of carbonyl (C=O) groups excluding carboxylic acids is 1. The van der Waals surface area contributed by atoms with E-state index in [9.17, 15) is 4.79 Å². The highest BCUT2D eigenvalue weighted by atomic mass is 79.9. The van der Waals surface area contributed by atoms with Gasteiger partial charge < -0.3 is 9.47 Å². The number of ether oxygens (including phenoxy) is 2. The van der Waals surface area contributed by atoms with Gasteiger partial charge in [-0.1, -0.05) is 53.2 Å². The molecule has 1 saturated heterocycles. The summed E-state index contributed by atoms with van der Waals surface area (Å²) in [6.45, 7) is 9.27. The molecule has 9 heteroatoms. The maximum atomic E-state index is 13.2. The zero-order chi connectivity index (χ0) is 23.2. The molecule has 1 fully saturated rings. The first-order chi connectivity index (χ1) is 16.0. The fourth-order valence-corrected chi connectivity index (χ4v) is 5.34. The Labute approximate surface area is 219 Å². The van der Waals surface area contributed by atoms with Crippen molar-refractivity contribution in [2.24, 2.45) is 0 Å². The van der Waals surface area contributed by atoms with Crippen LogP contribution in [0.25, 0.3) is 10.2 Å². The standard InChI is InChI=1S/C25H30BrN3O3S.ClH/c1-18(2)19-4-7-21(8-5-19)32-17-24(30)29(11-3-10-28-12-14-31-15-13-28)25-27-22-9-6-20(26)16-23(22)33-25;/h4-9,16,18H,3,10-15,17H2,1-2H3;1H. The molecular weight excluding hydrogens is 538 g/mol. The highest BCUT2D eigenvalue weighted by Gasteiger charge is 2.21. The third-order valence-electron chi connectivity index (χ3n) is 5.74. The minimum Gasteiger partial charge on any atom is -0.484 e. The Kier molecular flexibility index (Phi) is 10.2. The molecule has 184 valence electrons. The minimum atomic E-state index is -0.0805. The lowest BCUT2D eigenvalue weighted by molar-refractivity contribution is -0.120. The summed E-state index contributed by atoms with van der Waals surface area (Å²) in [5.74, 6) is 1.08. The summed E-state index contributed by atoms with van der Waals surface area (Å²) >= 11 is 5.06. The molecule has 1 aliphatic heterocycles. The van der Waals surface area contributed by atoms with Crippen LogP contribution in [0.4, 0.5) is 5.13 Å². The summed E-state index contributed by atoms with van der Waals surface area (Å²) in [5.41, 5.74) is 2.15. The Balaban J connectivity index is 0.00000324. The van der Waals surface area contributed by atoms with Crippen molar-refractivity contribution in [2.75, 3.05) is 50.9 Å². The summed E-state index contributed by atoms with van der Waals surface area (Å²) in [6.07, 6.45) is 0.869. The average Bonchev–Trinajstić information content (AvgIpc) is 3.24. The number of amides is 1. The van der Waals surface area contributed by atoms with E-state index in [2.05, 4.69) is 46.8 Å². The molecule has 0 spiro atoms. The zero-order valence-electron chi connectivity index (χ0n) is 19.5. The number of hydrogen-bond acceptors (Lipinski definition) is 6. The van der Waals surface area contributed by atoms with Crippen LogP contribution >= 0.6 is 39.7 Å². The molecule has 3 aromatic rings. The van der Waals surface area contributed by atoms with Gasteiger partial charge in [0.15, 0.2) is 11.7 Å². The Morgan fingerprint density at radius 1 is 1.21 bits per heavy atom. The molecule has 2 aromatic carbocycles. The topological polar surface area (TPSA) is 54.9 Å². The van der Waals surface area contributed by atoms with Gasteiger partial charge in [-0.3, -0.25) is 14.6 Å². The van der Waals surface area contributed by atoms with E-state index in [1.807, 2.05) is 30.3 Å². The molecule has 0 radical (unpaired) electrons. The van der Waals surface area contributed by atoms with E-state index in [0.717, 1.165) is 54.0 Å². The maximum absolute atomic E-state index is 13.2. The van der Waals surface area contributed by atoms with Crippen molar-refractivity contribution >= 4 is 60.9 Å². The Hall–Kier alpha value is -1.71. The van der Waals surface area contributed by atoms with Gasteiger partial charge in [0.05, 0.1) is 23.4 Å². The van der Waals surface area contributed by atoms with Crippen molar-refractivity contribution in [3.05, 3.63) is 52.5 Å². The number of benzene rings is 2. The SMILES string of the molecule is CC(C)c1ccc(OCC(=O)N(CCCN2CCOCC2)c2nc3ccc(Br)cc3s2)cc1.Cl. The third-order valence-corrected chi connectivity index (χ3v) is 7.27. The fourth-order valence-electron chi connectivity index (χ4n) is 3.78. The summed E-state index contributed by atoms with van der Waals surface area (Å²) in [6, 6.07) is 14.0. The van der Waals surface area contributed by atoms with Gasteiger partial charge in [-0.25, -0.2) is 4.98 Å². The number of rotatable bonds is 9. The summed E-state index contributed by atoms with van der Waals surface area (Å²) < 4.78 is 13.3. The molecule has 4 rings (SSSR count). The van der Waals surface area contributed by atoms with Gasteiger partial charge >= 0.3 is 0 Å². The average molecular weight is 569 g/mol. The maximum Gasteiger partial charge on any atom is 0.266 e. The lowest BCUT2D eigenvalue weighted by atomic mass is 10.0. The van der Waals surface area contributed by atoms with Crippen molar-refractivity contribution in [3.8, 4) is 5.75 Å². The number of aromatic nitrogens is 1.